The lowest BCUT2D eigenvalue weighted by Crippen LogP contribution is -2.23. The first-order valence-electron chi connectivity index (χ1n) is 9.13. The summed E-state index contributed by atoms with van der Waals surface area (Å²) >= 11 is 0. The monoisotopic (exact) mass is 328 g/mol. The number of likely N-dealkylation sites (tertiary alicyclic amines) is 1. The van der Waals surface area contributed by atoms with Crippen molar-refractivity contribution in [1.29, 1.82) is 0 Å². The van der Waals surface area contributed by atoms with Gasteiger partial charge in [0.25, 0.3) is 0 Å². The fraction of sp³-hybridized carbons (Fsp3) is 0.550. The first kappa shape index (κ1) is 17.0. The second-order valence-electron chi connectivity index (χ2n) is 6.58. The van der Waals surface area contributed by atoms with E-state index in [0.717, 1.165) is 49.7 Å². The molecule has 4 heteroatoms. The van der Waals surface area contributed by atoms with Gasteiger partial charge in [-0.05, 0) is 50.4 Å². The summed E-state index contributed by atoms with van der Waals surface area (Å²) in [6, 6.07) is 8.96. The third-order valence-electron chi connectivity index (χ3n) is 4.78. The molecule has 0 bridgehead atoms. The molecule has 1 fully saturated rings. The van der Waals surface area contributed by atoms with E-state index < -0.39 is 0 Å². The smallest absolute Gasteiger partial charge is 0.141 e. The van der Waals surface area contributed by atoms with Crippen molar-refractivity contribution in [2.24, 2.45) is 0 Å². The first-order valence-corrected chi connectivity index (χ1v) is 9.13. The Hall–Kier alpha value is -1.81. The number of ether oxygens (including phenoxy) is 1. The van der Waals surface area contributed by atoms with E-state index in [2.05, 4.69) is 55.1 Å². The van der Waals surface area contributed by atoms with E-state index in [1.54, 1.807) is 0 Å². The van der Waals surface area contributed by atoms with Gasteiger partial charge in [-0.3, -0.25) is 4.90 Å². The van der Waals surface area contributed by atoms with Gasteiger partial charge in [-0.25, -0.2) is 0 Å². The molecule has 24 heavy (non-hydrogen) atoms. The van der Waals surface area contributed by atoms with E-state index in [1.807, 2.05) is 0 Å². The third kappa shape index (κ3) is 3.64. The van der Waals surface area contributed by atoms with E-state index in [0.29, 0.717) is 6.04 Å². The molecule has 0 aliphatic carbocycles. The first-order chi connectivity index (χ1) is 11.7. The summed E-state index contributed by atoms with van der Waals surface area (Å²) in [5, 5.41) is 4.20. The fourth-order valence-electron chi connectivity index (χ4n) is 3.59. The van der Waals surface area contributed by atoms with Crippen molar-refractivity contribution >= 4 is 0 Å². The van der Waals surface area contributed by atoms with Crippen molar-refractivity contribution in [2.75, 3.05) is 13.2 Å². The van der Waals surface area contributed by atoms with Gasteiger partial charge < -0.3 is 9.26 Å². The van der Waals surface area contributed by atoms with E-state index in [-0.39, 0.29) is 0 Å². The molecular weight excluding hydrogens is 300 g/mol. The summed E-state index contributed by atoms with van der Waals surface area (Å²) in [6.07, 6.45) is 4.36. The van der Waals surface area contributed by atoms with Crippen LogP contribution < -0.4 is 4.74 Å². The highest BCUT2D eigenvalue weighted by atomic mass is 16.5. The minimum absolute atomic E-state index is 0.433. The summed E-state index contributed by atoms with van der Waals surface area (Å²) < 4.78 is 11.2. The van der Waals surface area contributed by atoms with Crippen LogP contribution in [0.2, 0.25) is 0 Å². The second-order valence-corrected chi connectivity index (χ2v) is 6.58. The SMILES string of the molecule is CCCOc1ccc(CN2CCC[C@@H]2c2c(C)noc2CC)cc1. The van der Waals surface area contributed by atoms with Gasteiger partial charge in [0.15, 0.2) is 0 Å². The Morgan fingerprint density at radius 2 is 2.04 bits per heavy atom. The van der Waals surface area contributed by atoms with Crippen molar-refractivity contribution in [3.8, 4) is 5.75 Å². The molecular formula is C20H28N2O2. The number of benzene rings is 1. The quantitative estimate of drug-likeness (QED) is 0.740. The molecule has 130 valence electrons. The molecule has 0 radical (unpaired) electrons. The van der Waals surface area contributed by atoms with Crippen LogP contribution in [0.4, 0.5) is 0 Å². The van der Waals surface area contributed by atoms with Crippen LogP contribution in [0.1, 0.15) is 61.7 Å². The Bertz CT molecular complexity index is 648. The molecule has 0 saturated carbocycles. The van der Waals surface area contributed by atoms with E-state index in [4.69, 9.17) is 9.26 Å². The van der Waals surface area contributed by atoms with Crippen LogP contribution in [0.5, 0.6) is 5.75 Å². The highest BCUT2D eigenvalue weighted by Crippen LogP contribution is 2.37. The van der Waals surface area contributed by atoms with Crippen LogP contribution in [0.25, 0.3) is 0 Å². The Morgan fingerprint density at radius 3 is 2.75 bits per heavy atom. The Morgan fingerprint density at radius 1 is 1.25 bits per heavy atom. The molecule has 1 aromatic heterocycles. The number of rotatable bonds is 7. The molecule has 0 unspecified atom stereocenters. The maximum Gasteiger partial charge on any atom is 0.141 e. The Labute approximate surface area is 144 Å². The molecule has 2 heterocycles. The molecule has 0 spiro atoms. The molecule has 1 aliphatic heterocycles. The van der Waals surface area contributed by atoms with Gasteiger partial charge in [-0.15, -0.1) is 0 Å². The van der Waals surface area contributed by atoms with Crippen LogP contribution >= 0.6 is 0 Å². The van der Waals surface area contributed by atoms with Crippen LogP contribution in [-0.2, 0) is 13.0 Å². The van der Waals surface area contributed by atoms with Gasteiger partial charge in [0.05, 0.1) is 12.3 Å². The van der Waals surface area contributed by atoms with Gasteiger partial charge in [-0.2, -0.15) is 0 Å². The maximum absolute atomic E-state index is 5.67. The van der Waals surface area contributed by atoms with Crippen LogP contribution in [0, 0.1) is 6.92 Å². The zero-order valence-corrected chi connectivity index (χ0v) is 15.0. The van der Waals surface area contributed by atoms with Gasteiger partial charge in [0.2, 0.25) is 0 Å². The topological polar surface area (TPSA) is 38.5 Å². The lowest BCUT2D eigenvalue weighted by atomic mass is 10.0. The lowest BCUT2D eigenvalue weighted by Gasteiger charge is -2.25. The van der Waals surface area contributed by atoms with Crippen molar-refractivity contribution in [2.45, 2.75) is 59.0 Å². The molecule has 0 amide bonds. The molecule has 1 aromatic carbocycles. The average Bonchev–Trinajstić information content (AvgIpc) is 3.20. The van der Waals surface area contributed by atoms with Gasteiger partial charge in [-0.1, -0.05) is 31.1 Å². The number of aromatic nitrogens is 1. The van der Waals surface area contributed by atoms with E-state index in [9.17, 15) is 0 Å². The van der Waals surface area contributed by atoms with Crippen LogP contribution in [0.15, 0.2) is 28.8 Å². The second kappa shape index (κ2) is 7.84. The van der Waals surface area contributed by atoms with Crippen LogP contribution in [-0.4, -0.2) is 23.2 Å². The van der Waals surface area contributed by atoms with Gasteiger partial charge in [0, 0.05) is 24.6 Å². The van der Waals surface area contributed by atoms with Crippen molar-refractivity contribution in [3.63, 3.8) is 0 Å². The molecule has 2 aromatic rings. The predicted octanol–water partition coefficient (Wildman–Crippen LogP) is 4.67. The third-order valence-corrected chi connectivity index (χ3v) is 4.78. The minimum Gasteiger partial charge on any atom is -0.494 e. The zero-order valence-electron chi connectivity index (χ0n) is 15.0. The highest BCUT2D eigenvalue weighted by molar-refractivity contribution is 5.29. The molecule has 1 aliphatic rings. The number of hydrogen-bond donors (Lipinski definition) is 0. The summed E-state index contributed by atoms with van der Waals surface area (Å²) in [5.41, 5.74) is 3.70. The lowest BCUT2D eigenvalue weighted by molar-refractivity contribution is 0.245. The summed E-state index contributed by atoms with van der Waals surface area (Å²) in [4.78, 5) is 2.56. The van der Waals surface area contributed by atoms with Crippen molar-refractivity contribution < 1.29 is 9.26 Å². The predicted molar refractivity (Wildman–Crippen MR) is 95.2 cm³/mol. The Balaban J connectivity index is 1.71. The van der Waals surface area contributed by atoms with Gasteiger partial charge in [0.1, 0.15) is 11.5 Å². The zero-order chi connectivity index (χ0) is 16.9. The normalized spacial score (nSPS) is 18.2. The summed E-state index contributed by atoms with van der Waals surface area (Å²) in [5.74, 6) is 2.01. The number of aryl methyl sites for hydroxylation is 2. The highest BCUT2D eigenvalue weighted by Gasteiger charge is 2.31. The summed E-state index contributed by atoms with van der Waals surface area (Å²) in [6.45, 7) is 9.20. The fourth-order valence-corrected chi connectivity index (χ4v) is 3.59. The molecule has 4 nitrogen and oxygen atoms in total. The Kier molecular flexibility index (Phi) is 5.56. The summed E-state index contributed by atoms with van der Waals surface area (Å²) in [7, 11) is 0. The maximum atomic E-state index is 5.67. The van der Waals surface area contributed by atoms with E-state index in [1.165, 1.54) is 24.0 Å². The van der Waals surface area contributed by atoms with Crippen LogP contribution in [0.3, 0.4) is 0 Å². The average molecular weight is 328 g/mol. The number of hydrogen-bond acceptors (Lipinski definition) is 4. The minimum atomic E-state index is 0.433. The standard InChI is InChI=1S/C20H28N2O2/c1-4-13-23-17-10-8-16(9-11-17)14-22-12-6-7-18(22)20-15(3)21-24-19(20)5-2/h8-11,18H,4-7,12-14H2,1-3H3/t18-/m1/s1. The molecule has 0 N–H and O–H groups in total. The number of nitrogens with zero attached hydrogens (tertiary/aromatic N) is 2. The van der Waals surface area contributed by atoms with E-state index >= 15 is 0 Å². The van der Waals surface area contributed by atoms with Gasteiger partial charge >= 0.3 is 0 Å². The molecule has 1 saturated heterocycles. The molecule has 1 atom stereocenters. The molecule has 3 rings (SSSR count). The van der Waals surface area contributed by atoms with Crippen molar-refractivity contribution in [3.05, 3.63) is 46.8 Å². The van der Waals surface area contributed by atoms with Crippen molar-refractivity contribution in [1.82, 2.24) is 10.1 Å². The largest absolute Gasteiger partial charge is 0.494 e.